The lowest BCUT2D eigenvalue weighted by molar-refractivity contribution is -0.127. The maximum atomic E-state index is 13.2. The van der Waals surface area contributed by atoms with Crippen LogP contribution >= 0.6 is 23.4 Å². The zero-order valence-electron chi connectivity index (χ0n) is 17.4. The van der Waals surface area contributed by atoms with Gasteiger partial charge in [-0.1, -0.05) is 47.6 Å². The summed E-state index contributed by atoms with van der Waals surface area (Å²) < 4.78 is 1.46. The summed E-state index contributed by atoms with van der Waals surface area (Å²) in [4.78, 5) is 43.7. The van der Waals surface area contributed by atoms with Gasteiger partial charge in [-0.25, -0.2) is 4.98 Å². The topological polar surface area (TPSA) is 84.3 Å². The molecule has 166 valence electrons. The van der Waals surface area contributed by atoms with Crippen LogP contribution in [0.4, 0.5) is 0 Å². The van der Waals surface area contributed by atoms with E-state index in [9.17, 15) is 14.4 Å². The average molecular weight is 471 g/mol. The van der Waals surface area contributed by atoms with Crippen molar-refractivity contribution >= 4 is 46.1 Å². The van der Waals surface area contributed by atoms with Crippen LogP contribution in [-0.2, 0) is 9.59 Å². The monoisotopic (exact) mass is 470 g/mol. The highest BCUT2D eigenvalue weighted by atomic mass is 35.5. The molecule has 32 heavy (non-hydrogen) atoms. The molecule has 0 aliphatic carbocycles. The van der Waals surface area contributed by atoms with Gasteiger partial charge in [0.15, 0.2) is 5.16 Å². The number of likely N-dealkylation sites (tertiary alicyclic amines) is 1. The van der Waals surface area contributed by atoms with Crippen molar-refractivity contribution in [2.45, 2.75) is 24.4 Å². The van der Waals surface area contributed by atoms with E-state index >= 15 is 0 Å². The molecular formula is C23H23ClN4O3S. The Morgan fingerprint density at radius 2 is 1.91 bits per heavy atom. The Balaban J connectivity index is 1.47. The number of carbonyl (C=O) groups excluding carboxylic acids is 2. The first-order valence-electron chi connectivity index (χ1n) is 10.5. The fourth-order valence-corrected chi connectivity index (χ4v) is 4.73. The summed E-state index contributed by atoms with van der Waals surface area (Å²) in [7, 11) is 0. The molecule has 2 amide bonds. The number of aromatic nitrogens is 2. The van der Waals surface area contributed by atoms with E-state index in [1.165, 1.54) is 16.3 Å². The van der Waals surface area contributed by atoms with E-state index in [4.69, 9.17) is 11.6 Å². The van der Waals surface area contributed by atoms with Crippen LogP contribution in [0.2, 0.25) is 5.02 Å². The van der Waals surface area contributed by atoms with Crippen molar-refractivity contribution in [1.29, 1.82) is 0 Å². The van der Waals surface area contributed by atoms with Gasteiger partial charge in [-0.3, -0.25) is 19.0 Å². The second-order valence-corrected chi connectivity index (χ2v) is 8.83. The van der Waals surface area contributed by atoms with E-state index in [0.717, 1.165) is 13.0 Å². The fraction of sp³-hybridized carbons (Fsp3) is 0.304. The van der Waals surface area contributed by atoms with Crippen molar-refractivity contribution in [3.8, 4) is 5.69 Å². The Morgan fingerprint density at radius 1 is 1.12 bits per heavy atom. The Bertz CT molecular complexity index is 1210. The summed E-state index contributed by atoms with van der Waals surface area (Å²) in [6.45, 7) is 1.95. The molecule has 0 atom stereocenters. The number of nitrogens with one attached hydrogen (secondary N) is 1. The number of para-hydroxylation sites is 2. The van der Waals surface area contributed by atoms with Crippen LogP contribution in [0.25, 0.3) is 16.6 Å². The molecule has 1 aromatic heterocycles. The highest BCUT2D eigenvalue weighted by molar-refractivity contribution is 7.99. The molecule has 9 heteroatoms. The quantitative estimate of drug-likeness (QED) is 0.310. The van der Waals surface area contributed by atoms with Crippen molar-refractivity contribution in [2.75, 3.05) is 25.4 Å². The van der Waals surface area contributed by atoms with Crippen LogP contribution < -0.4 is 10.9 Å². The zero-order chi connectivity index (χ0) is 22.5. The molecule has 1 aliphatic rings. The summed E-state index contributed by atoms with van der Waals surface area (Å²) in [6, 6.07) is 14.2. The van der Waals surface area contributed by atoms with Crippen molar-refractivity contribution in [1.82, 2.24) is 19.8 Å². The van der Waals surface area contributed by atoms with Crippen LogP contribution in [0.1, 0.15) is 19.3 Å². The fourth-order valence-electron chi connectivity index (χ4n) is 3.67. The van der Waals surface area contributed by atoms with E-state index < -0.39 is 0 Å². The maximum absolute atomic E-state index is 13.2. The first-order valence-corrected chi connectivity index (χ1v) is 11.8. The summed E-state index contributed by atoms with van der Waals surface area (Å²) in [5, 5.41) is 4.19. The second-order valence-electron chi connectivity index (χ2n) is 7.48. The molecule has 2 aromatic carbocycles. The molecule has 1 fully saturated rings. The molecule has 2 heterocycles. The van der Waals surface area contributed by atoms with Gasteiger partial charge in [-0.15, -0.1) is 0 Å². The predicted molar refractivity (Wildman–Crippen MR) is 127 cm³/mol. The number of thioether (sulfide) groups is 1. The Hall–Kier alpha value is -2.84. The van der Waals surface area contributed by atoms with Gasteiger partial charge in [0.1, 0.15) is 0 Å². The average Bonchev–Trinajstić information content (AvgIpc) is 3.21. The number of nitrogens with zero attached hydrogens (tertiary/aromatic N) is 3. The molecule has 0 saturated carbocycles. The van der Waals surface area contributed by atoms with Gasteiger partial charge in [0.25, 0.3) is 5.56 Å². The lowest BCUT2D eigenvalue weighted by atomic mass is 10.2. The number of hydrogen-bond acceptors (Lipinski definition) is 5. The van der Waals surface area contributed by atoms with E-state index in [0.29, 0.717) is 52.7 Å². The number of fused-ring (bicyclic) bond motifs is 1. The number of hydrogen-bond donors (Lipinski definition) is 1. The van der Waals surface area contributed by atoms with Gasteiger partial charge in [-0.2, -0.15) is 0 Å². The molecule has 4 rings (SSSR count). The normalized spacial score (nSPS) is 13.7. The lowest BCUT2D eigenvalue weighted by Gasteiger charge is -2.15. The van der Waals surface area contributed by atoms with Gasteiger partial charge in [0, 0.05) is 26.1 Å². The first kappa shape index (κ1) is 22.4. The number of halogens is 1. The zero-order valence-corrected chi connectivity index (χ0v) is 19.0. The van der Waals surface area contributed by atoms with Crippen LogP contribution in [0, 0.1) is 0 Å². The van der Waals surface area contributed by atoms with E-state index in [2.05, 4.69) is 10.3 Å². The molecule has 0 bridgehead atoms. The smallest absolute Gasteiger partial charge is 0.266 e. The van der Waals surface area contributed by atoms with Gasteiger partial charge in [-0.05, 0) is 37.1 Å². The lowest BCUT2D eigenvalue weighted by Crippen LogP contribution is -2.31. The summed E-state index contributed by atoms with van der Waals surface area (Å²) in [5.74, 6) is 0.139. The van der Waals surface area contributed by atoms with Gasteiger partial charge in [0.05, 0.1) is 27.4 Å². The molecule has 0 spiro atoms. The minimum absolute atomic E-state index is 0.109. The Kier molecular flexibility index (Phi) is 7.12. The first-order chi connectivity index (χ1) is 15.5. The maximum Gasteiger partial charge on any atom is 0.266 e. The van der Waals surface area contributed by atoms with E-state index in [1.54, 1.807) is 42.5 Å². The summed E-state index contributed by atoms with van der Waals surface area (Å²) >= 11 is 7.55. The van der Waals surface area contributed by atoms with Crippen molar-refractivity contribution in [3.63, 3.8) is 0 Å². The number of benzene rings is 2. The molecule has 3 aromatic rings. The van der Waals surface area contributed by atoms with Gasteiger partial charge in [0.2, 0.25) is 11.8 Å². The van der Waals surface area contributed by atoms with Gasteiger partial charge < -0.3 is 10.2 Å². The number of carbonyl (C=O) groups is 2. The van der Waals surface area contributed by atoms with Crippen LogP contribution in [-0.4, -0.2) is 51.7 Å². The second kappa shape index (κ2) is 10.2. The van der Waals surface area contributed by atoms with E-state index in [-0.39, 0.29) is 23.1 Å². The molecule has 1 N–H and O–H groups in total. The number of rotatable bonds is 8. The standard InChI is InChI=1S/C23H23ClN4O3S/c24-17-8-2-4-10-19(17)28-22(31)16-7-1-3-9-18(16)26-23(28)32-15-20(29)25-12-6-14-27-13-5-11-21(27)30/h1-4,7-10H,5-6,11-15H2,(H,25,29). The third-order valence-electron chi connectivity index (χ3n) is 5.27. The largest absolute Gasteiger partial charge is 0.355 e. The Morgan fingerprint density at radius 3 is 2.69 bits per heavy atom. The number of amides is 2. The third-order valence-corrected chi connectivity index (χ3v) is 6.53. The van der Waals surface area contributed by atoms with Crippen molar-refractivity contribution in [3.05, 3.63) is 63.9 Å². The highest BCUT2D eigenvalue weighted by Crippen LogP contribution is 2.25. The minimum atomic E-state index is -0.234. The molecule has 0 radical (unpaired) electrons. The van der Waals surface area contributed by atoms with Crippen LogP contribution in [0.15, 0.2) is 58.5 Å². The van der Waals surface area contributed by atoms with Crippen LogP contribution in [0.3, 0.4) is 0 Å². The predicted octanol–water partition coefficient (Wildman–Crippen LogP) is 3.26. The highest BCUT2D eigenvalue weighted by Gasteiger charge is 2.19. The SMILES string of the molecule is O=C(CSc1nc2ccccc2c(=O)n1-c1ccccc1Cl)NCCCN1CCCC1=O. The van der Waals surface area contributed by atoms with E-state index in [1.807, 2.05) is 11.0 Å². The molecule has 1 aliphatic heterocycles. The third kappa shape index (κ3) is 4.97. The van der Waals surface area contributed by atoms with Crippen LogP contribution in [0.5, 0.6) is 0 Å². The summed E-state index contributed by atoms with van der Waals surface area (Å²) in [5.41, 5.74) is 0.858. The molecular weight excluding hydrogens is 448 g/mol. The molecule has 1 saturated heterocycles. The minimum Gasteiger partial charge on any atom is -0.355 e. The van der Waals surface area contributed by atoms with Gasteiger partial charge >= 0.3 is 0 Å². The molecule has 7 nitrogen and oxygen atoms in total. The summed E-state index contributed by atoms with van der Waals surface area (Å²) in [6.07, 6.45) is 2.24. The Labute approximate surface area is 194 Å². The van der Waals surface area contributed by atoms with Crippen molar-refractivity contribution < 1.29 is 9.59 Å². The molecule has 0 unspecified atom stereocenters. The van der Waals surface area contributed by atoms with Crippen molar-refractivity contribution in [2.24, 2.45) is 0 Å².